The van der Waals surface area contributed by atoms with Crippen LogP contribution in [0.1, 0.15) is 35.4 Å². The van der Waals surface area contributed by atoms with E-state index in [1.807, 2.05) is 17.6 Å². The van der Waals surface area contributed by atoms with Gasteiger partial charge in [-0.15, -0.1) is 0 Å². The number of benzene rings is 1. The molecule has 0 unspecified atom stereocenters. The number of rotatable bonds is 4. The maximum Gasteiger partial charge on any atom is 0.337 e. The Morgan fingerprint density at radius 3 is 2.80 bits per heavy atom. The van der Waals surface area contributed by atoms with E-state index in [0.717, 1.165) is 30.6 Å². The van der Waals surface area contributed by atoms with E-state index >= 15 is 0 Å². The third-order valence-electron chi connectivity index (χ3n) is 4.33. The summed E-state index contributed by atoms with van der Waals surface area (Å²) in [6.45, 7) is 2.57. The third kappa shape index (κ3) is 1.89. The molecule has 1 aliphatic carbocycles. The van der Waals surface area contributed by atoms with E-state index in [0.29, 0.717) is 17.6 Å². The van der Waals surface area contributed by atoms with Crippen LogP contribution in [0.3, 0.4) is 0 Å². The number of hydrogen-bond donors (Lipinski definition) is 1. The summed E-state index contributed by atoms with van der Waals surface area (Å²) in [7, 11) is 1.73. The molecule has 0 amide bonds. The Morgan fingerprint density at radius 1 is 1.50 bits per heavy atom. The van der Waals surface area contributed by atoms with Gasteiger partial charge < -0.3 is 14.4 Å². The second kappa shape index (κ2) is 4.59. The maximum atomic E-state index is 11.4. The topological polar surface area (TPSA) is 64.4 Å². The van der Waals surface area contributed by atoms with Crippen molar-refractivity contribution in [3.05, 3.63) is 29.6 Å². The van der Waals surface area contributed by atoms with Crippen molar-refractivity contribution in [2.45, 2.75) is 38.3 Å². The lowest BCUT2D eigenvalue weighted by Gasteiger charge is -2.41. The van der Waals surface area contributed by atoms with Gasteiger partial charge in [-0.25, -0.2) is 9.78 Å². The number of para-hydroxylation sites is 1. The third-order valence-corrected chi connectivity index (χ3v) is 4.33. The molecule has 0 aliphatic heterocycles. The van der Waals surface area contributed by atoms with Crippen molar-refractivity contribution in [1.29, 1.82) is 0 Å². The molecule has 106 valence electrons. The van der Waals surface area contributed by atoms with Gasteiger partial charge in [0.05, 0.1) is 28.7 Å². The van der Waals surface area contributed by atoms with Gasteiger partial charge in [0, 0.05) is 7.11 Å². The zero-order chi connectivity index (χ0) is 14.3. The molecule has 0 spiro atoms. The number of ether oxygens (including phenoxy) is 1. The lowest BCUT2D eigenvalue weighted by Crippen LogP contribution is -2.43. The number of imidazole rings is 1. The summed E-state index contributed by atoms with van der Waals surface area (Å²) in [6, 6.07) is 5.21. The minimum Gasteiger partial charge on any atom is -0.478 e. The highest BCUT2D eigenvalue weighted by atomic mass is 16.5. The Labute approximate surface area is 117 Å². The first kappa shape index (κ1) is 13.1. The highest BCUT2D eigenvalue weighted by molar-refractivity contribution is 6.01. The lowest BCUT2D eigenvalue weighted by molar-refractivity contribution is -0.0831. The van der Waals surface area contributed by atoms with Gasteiger partial charge in [-0.05, 0) is 38.3 Å². The summed E-state index contributed by atoms with van der Waals surface area (Å²) >= 11 is 0. The SMILES string of the molecule is COC1(Cn2c(C)nc3cccc(C(=O)O)c32)CCC1. The molecule has 1 aromatic heterocycles. The highest BCUT2D eigenvalue weighted by Crippen LogP contribution is 2.37. The largest absolute Gasteiger partial charge is 0.478 e. The van der Waals surface area contributed by atoms with Crippen molar-refractivity contribution in [3.63, 3.8) is 0 Å². The van der Waals surface area contributed by atoms with Crippen LogP contribution in [0.15, 0.2) is 18.2 Å². The number of fused-ring (bicyclic) bond motifs is 1. The fourth-order valence-corrected chi connectivity index (χ4v) is 2.95. The van der Waals surface area contributed by atoms with Gasteiger partial charge in [-0.3, -0.25) is 0 Å². The fraction of sp³-hybridized carbons (Fsp3) is 0.467. The first-order valence-electron chi connectivity index (χ1n) is 6.81. The number of nitrogens with zero attached hydrogens (tertiary/aromatic N) is 2. The molecule has 0 radical (unpaired) electrons. The standard InChI is InChI=1S/C15H18N2O3/c1-10-16-12-6-3-5-11(14(18)19)13(12)17(10)9-15(20-2)7-4-8-15/h3,5-6H,4,7-9H2,1-2H3,(H,18,19). The predicted octanol–water partition coefficient (Wildman–Crippen LogP) is 2.61. The molecule has 1 N–H and O–H groups in total. The summed E-state index contributed by atoms with van der Waals surface area (Å²) in [5.41, 5.74) is 1.56. The molecule has 5 heteroatoms. The van der Waals surface area contributed by atoms with Crippen LogP contribution < -0.4 is 0 Å². The van der Waals surface area contributed by atoms with E-state index in [1.165, 1.54) is 0 Å². The van der Waals surface area contributed by atoms with Gasteiger partial charge >= 0.3 is 5.97 Å². The van der Waals surface area contributed by atoms with Gasteiger partial charge in [0.2, 0.25) is 0 Å². The number of methoxy groups -OCH3 is 1. The van der Waals surface area contributed by atoms with E-state index in [1.54, 1.807) is 19.2 Å². The van der Waals surface area contributed by atoms with Crippen molar-refractivity contribution >= 4 is 17.0 Å². The number of aryl methyl sites for hydroxylation is 1. The van der Waals surface area contributed by atoms with Crippen LogP contribution in [0.25, 0.3) is 11.0 Å². The molecule has 5 nitrogen and oxygen atoms in total. The number of carboxylic acids is 1. The van der Waals surface area contributed by atoms with Gasteiger partial charge in [0.15, 0.2) is 0 Å². The van der Waals surface area contributed by atoms with Crippen molar-refractivity contribution in [1.82, 2.24) is 9.55 Å². The van der Waals surface area contributed by atoms with Crippen LogP contribution in [0.5, 0.6) is 0 Å². The van der Waals surface area contributed by atoms with Crippen molar-refractivity contribution in [3.8, 4) is 0 Å². The molecule has 1 saturated carbocycles. The van der Waals surface area contributed by atoms with Gasteiger partial charge in [-0.1, -0.05) is 6.07 Å². The second-order valence-corrected chi connectivity index (χ2v) is 5.46. The molecule has 0 atom stereocenters. The van der Waals surface area contributed by atoms with E-state index in [9.17, 15) is 9.90 Å². The summed E-state index contributed by atoms with van der Waals surface area (Å²) in [5, 5.41) is 9.37. The maximum absolute atomic E-state index is 11.4. The van der Waals surface area contributed by atoms with Gasteiger partial charge in [0.1, 0.15) is 5.82 Å². The smallest absolute Gasteiger partial charge is 0.337 e. The molecule has 20 heavy (non-hydrogen) atoms. The average molecular weight is 274 g/mol. The number of aromatic carboxylic acids is 1. The molecular weight excluding hydrogens is 256 g/mol. The number of carboxylic acid groups (broad SMARTS) is 1. The number of carbonyl (C=O) groups is 1. The molecule has 1 aliphatic rings. The zero-order valence-corrected chi connectivity index (χ0v) is 11.7. The van der Waals surface area contributed by atoms with E-state index < -0.39 is 5.97 Å². The van der Waals surface area contributed by atoms with Crippen LogP contribution in [0, 0.1) is 6.92 Å². The number of hydrogen-bond acceptors (Lipinski definition) is 3. The molecule has 1 fully saturated rings. The van der Waals surface area contributed by atoms with Crippen molar-refractivity contribution < 1.29 is 14.6 Å². The Kier molecular flexibility index (Phi) is 3.01. The molecule has 1 aromatic carbocycles. The van der Waals surface area contributed by atoms with Gasteiger partial charge in [0.25, 0.3) is 0 Å². The molecule has 3 rings (SSSR count). The minimum absolute atomic E-state index is 0.163. The summed E-state index contributed by atoms with van der Waals surface area (Å²) < 4.78 is 7.64. The fourth-order valence-electron chi connectivity index (χ4n) is 2.95. The van der Waals surface area contributed by atoms with Crippen LogP contribution in [0.2, 0.25) is 0 Å². The van der Waals surface area contributed by atoms with Gasteiger partial charge in [-0.2, -0.15) is 0 Å². The monoisotopic (exact) mass is 274 g/mol. The van der Waals surface area contributed by atoms with Crippen LogP contribution in [-0.4, -0.2) is 33.3 Å². The number of aromatic nitrogens is 2. The second-order valence-electron chi connectivity index (χ2n) is 5.46. The molecular formula is C15H18N2O3. The van der Waals surface area contributed by atoms with Crippen LogP contribution >= 0.6 is 0 Å². The Morgan fingerprint density at radius 2 is 2.25 bits per heavy atom. The van der Waals surface area contributed by atoms with Crippen molar-refractivity contribution in [2.24, 2.45) is 0 Å². The summed E-state index contributed by atoms with van der Waals surface area (Å²) in [6.07, 6.45) is 3.18. The summed E-state index contributed by atoms with van der Waals surface area (Å²) in [4.78, 5) is 15.9. The quantitative estimate of drug-likeness (QED) is 0.930. The normalized spacial score (nSPS) is 17.1. The molecule has 0 saturated heterocycles. The van der Waals surface area contributed by atoms with Crippen LogP contribution in [0.4, 0.5) is 0 Å². The van der Waals surface area contributed by atoms with E-state index in [4.69, 9.17) is 4.74 Å². The van der Waals surface area contributed by atoms with Crippen LogP contribution in [-0.2, 0) is 11.3 Å². The first-order valence-corrected chi connectivity index (χ1v) is 6.81. The zero-order valence-electron chi connectivity index (χ0n) is 11.7. The molecule has 2 aromatic rings. The summed E-state index contributed by atoms with van der Waals surface area (Å²) in [5.74, 6) is -0.0890. The van der Waals surface area contributed by atoms with Crippen molar-refractivity contribution in [2.75, 3.05) is 7.11 Å². The Hall–Kier alpha value is -1.88. The average Bonchev–Trinajstić information content (AvgIpc) is 2.69. The lowest BCUT2D eigenvalue weighted by atomic mass is 9.80. The highest BCUT2D eigenvalue weighted by Gasteiger charge is 2.38. The minimum atomic E-state index is -0.920. The first-order chi connectivity index (χ1) is 9.56. The Bertz CT molecular complexity index is 666. The predicted molar refractivity (Wildman–Crippen MR) is 75.0 cm³/mol. The van der Waals surface area contributed by atoms with E-state index in [-0.39, 0.29) is 5.60 Å². The Balaban J connectivity index is 2.14. The van der Waals surface area contributed by atoms with E-state index in [2.05, 4.69) is 4.98 Å². The molecule has 0 bridgehead atoms. The molecule has 1 heterocycles.